The van der Waals surface area contributed by atoms with Gasteiger partial charge in [0.05, 0.1) is 23.4 Å². The summed E-state index contributed by atoms with van der Waals surface area (Å²) in [5, 5.41) is 50.8. The van der Waals surface area contributed by atoms with Crippen LogP contribution in [0.1, 0.15) is 5.56 Å². The number of aliphatic carboxylic acids is 1. The average molecular weight is 762 g/mol. The van der Waals surface area contributed by atoms with Gasteiger partial charge in [-0.3, -0.25) is 13.9 Å². The number of phenolic OH excluding ortho intramolecular Hbond substituents is 2. The van der Waals surface area contributed by atoms with Gasteiger partial charge in [0, 0.05) is 28.5 Å². The third-order valence-electron chi connectivity index (χ3n) is 6.86. The molecule has 0 bridgehead atoms. The molecular formula is C28H22CuN6O12S2. The van der Waals surface area contributed by atoms with Gasteiger partial charge in [-0.05, 0) is 66.4 Å². The molecule has 1 amide bonds. The van der Waals surface area contributed by atoms with Crippen molar-refractivity contribution in [3.8, 4) is 17.2 Å². The van der Waals surface area contributed by atoms with Gasteiger partial charge < -0.3 is 20.1 Å². The molecule has 5 rings (SSSR count). The van der Waals surface area contributed by atoms with Crippen LogP contribution in [0, 0.1) is 6.92 Å². The Morgan fingerprint density at radius 2 is 1.59 bits per heavy atom. The molecule has 1 atom stereocenters. The number of ether oxygens (including phenoxy) is 1. The minimum atomic E-state index is -4.97. The van der Waals surface area contributed by atoms with E-state index in [1.807, 2.05) is 0 Å². The summed E-state index contributed by atoms with van der Waals surface area (Å²) in [7, 11) is -8.13. The van der Waals surface area contributed by atoms with Gasteiger partial charge in [0.2, 0.25) is 6.04 Å². The van der Waals surface area contributed by atoms with E-state index in [4.69, 9.17) is 4.74 Å². The van der Waals surface area contributed by atoms with Crippen molar-refractivity contribution in [2.45, 2.75) is 22.8 Å². The molecule has 1 aliphatic heterocycles. The summed E-state index contributed by atoms with van der Waals surface area (Å²) in [5.41, 5.74) is -1.09. The second kappa shape index (κ2) is 13.7. The Bertz CT molecular complexity index is 2330. The van der Waals surface area contributed by atoms with Gasteiger partial charge in [-0.15, -0.1) is 10.2 Å². The number of aryl methyl sites for hydroxylation is 1. The Hall–Kier alpha value is -5.31. The molecule has 1 heterocycles. The molecule has 21 heteroatoms. The number of carbonyl (C=O) groups excluding carboxylic acids is 1. The Morgan fingerprint density at radius 3 is 2.18 bits per heavy atom. The molecule has 49 heavy (non-hydrogen) atoms. The third-order valence-corrected chi connectivity index (χ3v) is 8.60. The van der Waals surface area contributed by atoms with Crippen LogP contribution in [0.5, 0.6) is 17.2 Å². The van der Waals surface area contributed by atoms with Gasteiger partial charge >= 0.3 is 5.97 Å². The number of azo groups is 2. The minimum Gasteiger partial charge on any atom is -0.506 e. The van der Waals surface area contributed by atoms with Crippen molar-refractivity contribution in [2.75, 3.05) is 12.1 Å². The Labute approximate surface area is 287 Å². The summed E-state index contributed by atoms with van der Waals surface area (Å²) in [6.07, 6.45) is 0. The maximum absolute atomic E-state index is 13.1. The van der Waals surface area contributed by atoms with Crippen LogP contribution < -0.4 is 9.75 Å². The van der Waals surface area contributed by atoms with Gasteiger partial charge in [0.1, 0.15) is 27.8 Å². The number of hydrogen-bond acceptors (Lipinski definition) is 14. The Morgan fingerprint density at radius 1 is 0.918 bits per heavy atom. The van der Waals surface area contributed by atoms with E-state index in [1.54, 1.807) is 6.92 Å². The Kier molecular flexibility index (Phi) is 10.2. The van der Waals surface area contributed by atoms with Crippen LogP contribution in [0.3, 0.4) is 0 Å². The SMILES string of the molecule is COc1cc(N=Nc2c(S(=O)(=O)O)cc3ccc(N=NC4C(=O)N(c5ccc(S(=O)(=O)O)cc5)N=C4C(=O)O)cc3c2O)c(O)cc1C.[Cu]. The van der Waals surface area contributed by atoms with E-state index in [0.29, 0.717) is 16.3 Å². The quantitative estimate of drug-likeness (QED) is 0.0901. The summed E-state index contributed by atoms with van der Waals surface area (Å²) in [4.78, 5) is 23.7. The minimum absolute atomic E-state index is 0. The number of carboxylic acids is 1. The standard InChI is InChI=1S/C28H22N6O12S2.Cu/c1-13-9-20(35)19(12-21(13)46-2)30-31-23-22(48(43,44)45)10-14-3-4-15(11-18(14)26(23)36)29-32-24-25(28(38)39)33-34(27(24)37)16-5-7-17(8-6-16)47(40,41)42;/h3-12,24,35-36H,1-2H3,(H,38,39)(H,40,41,42)(H,43,44,45);. The van der Waals surface area contributed by atoms with Crippen LogP contribution in [0.25, 0.3) is 10.8 Å². The number of rotatable bonds is 9. The molecule has 5 N–H and O–H groups in total. The van der Waals surface area contributed by atoms with Crippen LogP contribution in [-0.2, 0) is 46.9 Å². The summed E-state index contributed by atoms with van der Waals surface area (Å²) in [6.45, 7) is 1.65. The number of hydrazone groups is 1. The molecule has 4 aromatic rings. The van der Waals surface area contributed by atoms with Gasteiger partial charge in [-0.2, -0.15) is 37.2 Å². The van der Waals surface area contributed by atoms with Crippen molar-refractivity contribution in [3.63, 3.8) is 0 Å². The fourth-order valence-corrected chi connectivity index (χ4v) is 5.67. The molecule has 0 spiro atoms. The molecule has 18 nitrogen and oxygen atoms in total. The first kappa shape index (κ1) is 36.5. The van der Waals surface area contributed by atoms with Crippen molar-refractivity contribution >= 4 is 71.3 Å². The number of hydrogen-bond donors (Lipinski definition) is 5. The van der Waals surface area contributed by atoms with Crippen molar-refractivity contribution in [1.82, 2.24) is 0 Å². The van der Waals surface area contributed by atoms with Crippen LogP contribution in [0.2, 0.25) is 0 Å². The first-order valence-electron chi connectivity index (χ1n) is 13.2. The number of nitrogens with zero attached hydrogens (tertiary/aromatic N) is 6. The normalized spacial score (nSPS) is 15.2. The molecule has 4 aromatic carbocycles. The number of anilines is 1. The molecule has 1 radical (unpaired) electrons. The molecule has 0 aromatic heterocycles. The predicted molar refractivity (Wildman–Crippen MR) is 166 cm³/mol. The molecule has 1 unspecified atom stereocenters. The van der Waals surface area contributed by atoms with E-state index in [1.165, 1.54) is 37.4 Å². The fourth-order valence-electron chi connectivity index (χ4n) is 4.53. The van der Waals surface area contributed by atoms with E-state index in [0.717, 1.165) is 30.3 Å². The molecule has 0 saturated carbocycles. The zero-order chi connectivity index (χ0) is 35.1. The number of carbonyl (C=O) groups is 2. The molecular weight excluding hydrogens is 740 g/mol. The number of aromatic hydroxyl groups is 2. The van der Waals surface area contributed by atoms with Crippen molar-refractivity contribution in [3.05, 3.63) is 66.2 Å². The molecule has 259 valence electrons. The zero-order valence-corrected chi connectivity index (χ0v) is 27.3. The maximum atomic E-state index is 13.1. The van der Waals surface area contributed by atoms with Gasteiger partial charge in [-0.1, -0.05) is 6.07 Å². The van der Waals surface area contributed by atoms with E-state index in [9.17, 15) is 50.8 Å². The van der Waals surface area contributed by atoms with Crippen LogP contribution in [0.15, 0.2) is 96.0 Å². The molecule has 1 aliphatic rings. The monoisotopic (exact) mass is 761 g/mol. The summed E-state index contributed by atoms with van der Waals surface area (Å²) in [6, 6.07) is 9.85. The second-order valence-electron chi connectivity index (χ2n) is 9.99. The van der Waals surface area contributed by atoms with Crippen LogP contribution >= 0.6 is 0 Å². The zero-order valence-electron chi connectivity index (χ0n) is 24.7. The van der Waals surface area contributed by atoms with E-state index < -0.39 is 65.1 Å². The van der Waals surface area contributed by atoms with Crippen molar-refractivity contribution in [1.29, 1.82) is 0 Å². The van der Waals surface area contributed by atoms with Crippen molar-refractivity contribution in [2.24, 2.45) is 25.6 Å². The van der Waals surface area contributed by atoms with Crippen LogP contribution in [-0.4, -0.2) is 72.0 Å². The summed E-state index contributed by atoms with van der Waals surface area (Å²) >= 11 is 0. The molecule has 0 fully saturated rings. The molecule has 0 saturated heterocycles. The number of fused-ring (bicyclic) bond motifs is 1. The second-order valence-corrected chi connectivity index (χ2v) is 12.8. The van der Waals surface area contributed by atoms with E-state index in [2.05, 4.69) is 25.6 Å². The topological polar surface area (TPSA) is 278 Å². The summed E-state index contributed by atoms with van der Waals surface area (Å²) < 4.78 is 71.3. The largest absolute Gasteiger partial charge is 0.506 e. The predicted octanol–water partition coefficient (Wildman–Crippen LogP) is 4.41. The fraction of sp³-hybridized carbons (Fsp3) is 0.107. The van der Waals surface area contributed by atoms with Gasteiger partial charge in [0.25, 0.3) is 26.1 Å². The van der Waals surface area contributed by atoms with Gasteiger partial charge in [0.15, 0.2) is 11.5 Å². The number of methoxy groups -OCH3 is 1. The third kappa shape index (κ3) is 7.41. The van der Waals surface area contributed by atoms with Gasteiger partial charge in [-0.25, -0.2) is 4.79 Å². The molecule has 0 aliphatic carbocycles. The maximum Gasteiger partial charge on any atom is 0.355 e. The number of phenols is 2. The van der Waals surface area contributed by atoms with Crippen LogP contribution in [0.4, 0.5) is 22.7 Å². The van der Waals surface area contributed by atoms with E-state index in [-0.39, 0.29) is 50.7 Å². The number of benzene rings is 4. The summed E-state index contributed by atoms with van der Waals surface area (Å²) in [5.74, 6) is -3.36. The average Bonchev–Trinajstić information content (AvgIpc) is 3.35. The number of amides is 1. The Balaban J connectivity index is 0.00000541. The van der Waals surface area contributed by atoms with Crippen molar-refractivity contribution < 1.29 is 72.7 Å². The number of carboxylic acid groups (broad SMARTS) is 1. The first-order valence-corrected chi connectivity index (χ1v) is 16.1. The first-order chi connectivity index (χ1) is 22.5. The smallest absolute Gasteiger partial charge is 0.355 e. The van der Waals surface area contributed by atoms with E-state index >= 15 is 0 Å².